The van der Waals surface area contributed by atoms with Crippen LogP contribution in [0.3, 0.4) is 0 Å². The quantitative estimate of drug-likeness (QED) is 0.686. The van der Waals surface area contributed by atoms with Crippen molar-refractivity contribution in [2.75, 3.05) is 26.2 Å². The molecule has 3 heteroatoms. The third-order valence-corrected chi connectivity index (χ3v) is 3.27. The topological polar surface area (TPSA) is 49.5 Å². The van der Waals surface area contributed by atoms with E-state index in [-0.39, 0.29) is 12.5 Å². The highest BCUT2D eigenvalue weighted by Crippen LogP contribution is 2.23. The van der Waals surface area contributed by atoms with Crippen LogP contribution in [0, 0.1) is 11.8 Å². The highest BCUT2D eigenvalue weighted by molar-refractivity contribution is 4.84. The van der Waals surface area contributed by atoms with E-state index >= 15 is 0 Å². The number of likely N-dealkylation sites (tertiary alicyclic amines) is 1. The van der Waals surface area contributed by atoms with E-state index in [4.69, 9.17) is 5.73 Å². The SMILES string of the molecule is CC(C)C(C(CN)CO)N1CCCC1. The molecule has 1 aliphatic heterocycles. The smallest absolute Gasteiger partial charge is 0.0486 e. The second kappa shape index (κ2) is 5.69. The Morgan fingerprint density at radius 1 is 1.29 bits per heavy atom. The summed E-state index contributed by atoms with van der Waals surface area (Å²) in [4.78, 5) is 2.50. The lowest BCUT2D eigenvalue weighted by atomic mass is 9.89. The second-order valence-electron chi connectivity index (χ2n) is 4.66. The summed E-state index contributed by atoms with van der Waals surface area (Å²) in [5.41, 5.74) is 5.70. The van der Waals surface area contributed by atoms with E-state index in [1.54, 1.807) is 0 Å². The van der Waals surface area contributed by atoms with E-state index in [2.05, 4.69) is 18.7 Å². The molecule has 0 aromatic rings. The maximum atomic E-state index is 9.30. The molecule has 1 heterocycles. The fourth-order valence-corrected chi connectivity index (χ4v) is 2.63. The predicted octanol–water partition coefficient (Wildman–Crippen LogP) is 0.674. The lowest BCUT2D eigenvalue weighted by Crippen LogP contribution is -2.46. The maximum absolute atomic E-state index is 9.30. The van der Waals surface area contributed by atoms with Crippen molar-refractivity contribution in [2.45, 2.75) is 32.7 Å². The number of nitrogens with two attached hydrogens (primary N) is 1. The molecule has 0 spiro atoms. The molecular formula is C11H24N2O. The average molecular weight is 200 g/mol. The standard InChI is InChI=1S/C11H24N2O/c1-9(2)11(10(7-12)8-14)13-5-3-4-6-13/h9-11,14H,3-8,12H2,1-2H3. The van der Waals surface area contributed by atoms with Crippen molar-refractivity contribution in [1.29, 1.82) is 0 Å². The minimum atomic E-state index is 0.218. The molecule has 0 radical (unpaired) electrons. The van der Waals surface area contributed by atoms with E-state index in [0.29, 0.717) is 18.5 Å². The molecule has 84 valence electrons. The molecule has 3 nitrogen and oxygen atoms in total. The van der Waals surface area contributed by atoms with Crippen LogP contribution in [0.25, 0.3) is 0 Å². The van der Waals surface area contributed by atoms with Gasteiger partial charge in [-0.15, -0.1) is 0 Å². The Labute approximate surface area is 87.3 Å². The largest absolute Gasteiger partial charge is 0.396 e. The van der Waals surface area contributed by atoms with Gasteiger partial charge in [-0.05, 0) is 38.4 Å². The summed E-state index contributed by atoms with van der Waals surface area (Å²) in [6.07, 6.45) is 2.60. The van der Waals surface area contributed by atoms with Crippen molar-refractivity contribution in [3.63, 3.8) is 0 Å². The number of hydrogen-bond acceptors (Lipinski definition) is 3. The fourth-order valence-electron chi connectivity index (χ4n) is 2.63. The molecule has 1 fully saturated rings. The highest BCUT2D eigenvalue weighted by Gasteiger charge is 2.30. The van der Waals surface area contributed by atoms with Crippen molar-refractivity contribution in [3.8, 4) is 0 Å². The summed E-state index contributed by atoms with van der Waals surface area (Å²) in [5, 5.41) is 9.30. The molecule has 1 aliphatic rings. The second-order valence-corrected chi connectivity index (χ2v) is 4.66. The van der Waals surface area contributed by atoms with Gasteiger partial charge in [0, 0.05) is 18.6 Å². The zero-order valence-electron chi connectivity index (χ0n) is 9.45. The van der Waals surface area contributed by atoms with Gasteiger partial charge in [0.15, 0.2) is 0 Å². The Hall–Kier alpha value is -0.120. The molecule has 0 saturated carbocycles. The van der Waals surface area contributed by atoms with Crippen molar-refractivity contribution < 1.29 is 5.11 Å². The van der Waals surface area contributed by atoms with Crippen molar-refractivity contribution in [3.05, 3.63) is 0 Å². The summed E-state index contributed by atoms with van der Waals surface area (Å²) in [6.45, 7) is 7.62. The lowest BCUT2D eigenvalue weighted by Gasteiger charge is -2.36. The van der Waals surface area contributed by atoms with Crippen LogP contribution in [0.5, 0.6) is 0 Å². The Morgan fingerprint density at radius 3 is 2.21 bits per heavy atom. The van der Waals surface area contributed by atoms with Gasteiger partial charge < -0.3 is 10.8 Å². The number of nitrogens with zero attached hydrogens (tertiary/aromatic N) is 1. The van der Waals surface area contributed by atoms with Gasteiger partial charge in [0.2, 0.25) is 0 Å². The zero-order chi connectivity index (χ0) is 10.6. The minimum Gasteiger partial charge on any atom is -0.396 e. The van der Waals surface area contributed by atoms with E-state index in [1.807, 2.05) is 0 Å². The summed E-state index contributed by atoms with van der Waals surface area (Å²) in [5.74, 6) is 0.821. The van der Waals surface area contributed by atoms with Crippen LogP contribution in [0.2, 0.25) is 0 Å². The first-order chi connectivity index (χ1) is 6.70. The zero-order valence-corrected chi connectivity index (χ0v) is 9.45. The van der Waals surface area contributed by atoms with E-state index in [9.17, 15) is 5.11 Å². The van der Waals surface area contributed by atoms with Gasteiger partial charge in [-0.1, -0.05) is 13.8 Å². The summed E-state index contributed by atoms with van der Waals surface area (Å²) < 4.78 is 0. The Balaban J connectivity index is 2.61. The van der Waals surface area contributed by atoms with Gasteiger partial charge in [-0.25, -0.2) is 0 Å². The van der Waals surface area contributed by atoms with Crippen LogP contribution in [0.4, 0.5) is 0 Å². The highest BCUT2D eigenvalue weighted by atomic mass is 16.3. The van der Waals surface area contributed by atoms with Crippen molar-refractivity contribution >= 4 is 0 Å². The Morgan fingerprint density at radius 2 is 1.86 bits per heavy atom. The van der Waals surface area contributed by atoms with Crippen LogP contribution < -0.4 is 5.73 Å². The fraction of sp³-hybridized carbons (Fsp3) is 1.00. The Bertz CT molecular complexity index is 149. The van der Waals surface area contributed by atoms with Crippen LogP contribution in [0.15, 0.2) is 0 Å². The number of hydrogen-bond donors (Lipinski definition) is 2. The molecule has 3 N–H and O–H groups in total. The summed E-state index contributed by atoms with van der Waals surface area (Å²) in [7, 11) is 0. The normalized spacial score (nSPS) is 22.9. The summed E-state index contributed by atoms with van der Waals surface area (Å²) >= 11 is 0. The summed E-state index contributed by atoms with van der Waals surface area (Å²) in [6, 6.07) is 0.465. The van der Waals surface area contributed by atoms with Gasteiger partial charge in [0.1, 0.15) is 0 Å². The van der Waals surface area contributed by atoms with Gasteiger partial charge in [0.05, 0.1) is 0 Å². The molecule has 0 bridgehead atoms. The van der Waals surface area contributed by atoms with Crippen LogP contribution in [0.1, 0.15) is 26.7 Å². The maximum Gasteiger partial charge on any atom is 0.0486 e. The molecule has 2 unspecified atom stereocenters. The molecule has 0 aromatic carbocycles. The first-order valence-corrected chi connectivity index (χ1v) is 5.75. The molecule has 1 rings (SSSR count). The molecule has 2 atom stereocenters. The average Bonchev–Trinajstić information content (AvgIpc) is 2.65. The molecule has 0 aromatic heterocycles. The van der Waals surface area contributed by atoms with Gasteiger partial charge in [-0.3, -0.25) is 4.90 Å². The van der Waals surface area contributed by atoms with Crippen LogP contribution in [-0.2, 0) is 0 Å². The first kappa shape index (κ1) is 12.0. The molecular weight excluding hydrogens is 176 g/mol. The first-order valence-electron chi connectivity index (χ1n) is 5.75. The lowest BCUT2D eigenvalue weighted by molar-refractivity contribution is 0.0880. The van der Waals surface area contributed by atoms with E-state index in [1.165, 1.54) is 25.9 Å². The third-order valence-electron chi connectivity index (χ3n) is 3.27. The van der Waals surface area contributed by atoms with E-state index < -0.39 is 0 Å². The third kappa shape index (κ3) is 2.69. The number of aliphatic hydroxyl groups excluding tert-OH is 1. The molecule has 14 heavy (non-hydrogen) atoms. The van der Waals surface area contributed by atoms with Crippen LogP contribution in [-0.4, -0.2) is 42.3 Å². The molecule has 1 saturated heterocycles. The molecule has 0 amide bonds. The predicted molar refractivity (Wildman–Crippen MR) is 59.1 cm³/mol. The number of rotatable bonds is 5. The van der Waals surface area contributed by atoms with Crippen molar-refractivity contribution in [2.24, 2.45) is 17.6 Å². The van der Waals surface area contributed by atoms with Gasteiger partial charge >= 0.3 is 0 Å². The number of aliphatic hydroxyl groups is 1. The van der Waals surface area contributed by atoms with Gasteiger partial charge in [0.25, 0.3) is 0 Å². The minimum absolute atomic E-state index is 0.218. The molecule has 0 aliphatic carbocycles. The van der Waals surface area contributed by atoms with E-state index in [0.717, 1.165) is 0 Å². The van der Waals surface area contributed by atoms with Crippen molar-refractivity contribution in [1.82, 2.24) is 4.90 Å². The monoisotopic (exact) mass is 200 g/mol. The van der Waals surface area contributed by atoms with Gasteiger partial charge in [-0.2, -0.15) is 0 Å². The Kier molecular flexibility index (Phi) is 4.85. The van der Waals surface area contributed by atoms with Crippen LogP contribution >= 0.6 is 0 Å².